The molecule has 1 aromatic carbocycles. The average molecular weight is 354 g/mol. The Bertz CT molecular complexity index is 573. The van der Waals surface area contributed by atoms with Crippen LogP contribution in [0.15, 0.2) is 22.7 Å². The number of hydrogen-bond donors (Lipinski definition) is 2. The van der Waals surface area contributed by atoms with Gasteiger partial charge in [0.1, 0.15) is 5.54 Å². The molecule has 0 spiro atoms. The molecule has 21 heavy (non-hydrogen) atoms. The SMILES string of the molecule is Cc1cccc(C(=O)NC2(C(=O)O)CCCCC2C)c1Br. The standard InChI is InChI=1S/C16H20BrNO3/c1-10-6-5-8-12(13(10)17)14(19)18-16(15(20)21)9-4-3-7-11(16)2/h5-6,8,11H,3-4,7,9H2,1-2H3,(H,18,19)(H,20,21). The Morgan fingerprint density at radius 2 is 2.10 bits per heavy atom. The number of hydrogen-bond acceptors (Lipinski definition) is 2. The molecule has 4 nitrogen and oxygen atoms in total. The van der Waals surface area contributed by atoms with Gasteiger partial charge in [-0.05, 0) is 53.2 Å². The Labute approximate surface area is 133 Å². The predicted molar refractivity (Wildman–Crippen MR) is 84.3 cm³/mol. The molecule has 0 radical (unpaired) electrons. The van der Waals surface area contributed by atoms with Crippen molar-refractivity contribution >= 4 is 27.8 Å². The molecule has 0 bridgehead atoms. The molecule has 0 aliphatic heterocycles. The molecule has 0 saturated heterocycles. The fourth-order valence-electron chi connectivity index (χ4n) is 3.00. The number of nitrogens with one attached hydrogen (secondary N) is 1. The third kappa shape index (κ3) is 2.98. The highest BCUT2D eigenvalue weighted by atomic mass is 79.9. The van der Waals surface area contributed by atoms with Gasteiger partial charge < -0.3 is 10.4 Å². The van der Waals surface area contributed by atoms with Crippen molar-refractivity contribution < 1.29 is 14.7 Å². The van der Waals surface area contributed by atoms with Gasteiger partial charge in [0.05, 0.1) is 5.56 Å². The molecule has 2 atom stereocenters. The maximum absolute atomic E-state index is 12.5. The minimum atomic E-state index is -1.15. The summed E-state index contributed by atoms with van der Waals surface area (Å²) in [6.45, 7) is 3.80. The van der Waals surface area contributed by atoms with E-state index in [-0.39, 0.29) is 11.8 Å². The van der Waals surface area contributed by atoms with Crippen LogP contribution in [0, 0.1) is 12.8 Å². The number of halogens is 1. The summed E-state index contributed by atoms with van der Waals surface area (Å²) in [5, 5.41) is 12.4. The van der Waals surface area contributed by atoms with Crippen molar-refractivity contribution in [2.75, 3.05) is 0 Å². The first-order valence-corrected chi connectivity index (χ1v) is 7.99. The third-order valence-electron chi connectivity index (χ3n) is 4.45. The van der Waals surface area contributed by atoms with Gasteiger partial charge >= 0.3 is 5.97 Å². The predicted octanol–water partition coefficient (Wildman–Crippen LogP) is 3.52. The van der Waals surface area contributed by atoms with Crippen LogP contribution in [0.1, 0.15) is 48.5 Å². The molecule has 0 heterocycles. The number of amides is 1. The first kappa shape index (κ1) is 16.0. The Morgan fingerprint density at radius 3 is 2.71 bits per heavy atom. The lowest BCUT2D eigenvalue weighted by molar-refractivity contribution is -0.148. The summed E-state index contributed by atoms with van der Waals surface area (Å²) in [6.07, 6.45) is 3.15. The molecule has 1 aliphatic carbocycles. The first-order chi connectivity index (χ1) is 9.88. The molecule has 1 aliphatic rings. The third-order valence-corrected chi connectivity index (χ3v) is 5.51. The molecule has 2 N–H and O–H groups in total. The summed E-state index contributed by atoms with van der Waals surface area (Å²) >= 11 is 3.41. The van der Waals surface area contributed by atoms with E-state index in [4.69, 9.17) is 0 Å². The molecule has 1 fully saturated rings. The molecule has 1 amide bonds. The molecule has 114 valence electrons. The number of rotatable bonds is 3. The minimum Gasteiger partial charge on any atom is -0.479 e. The maximum Gasteiger partial charge on any atom is 0.329 e. The summed E-state index contributed by atoms with van der Waals surface area (Å²) in [4.78, 5) is 24.3. The van der Waals surface area contributed by atoms with Crippen molar-refractivity contribution in [3.8, 4) is 0 Å². The van der Waals surface area contributed by atoms with Crippen molar-refractivity contribution in [2.24, 2.45) is 5.92 Å². The van der Waals surface area contributed by atoms with Crippen molar-refractivity contribution in [3.05, 3.63) is 33.8 Å². The van der Waals surface area contributed by atoms with Gasteiger partial charge in [-0.2, -0.15) is 0 Å². The van der Waals surface area contributed by atoms with E-state index in [0.717, 1.165) is 24.8 Å². The van der Waals surface area contributed by atoms with Crippen LogP contribution in [-0.2, 0) is 4.79 Å². The van der Waals surface area contributed by atoms with Crippen LogP contribution in [0.5, 0.6) is 0 Å². The van der Waals surface area contributed by atoms with Crippen molar-refractivity contribution in [1.82, 2.24) is 5.32 Å². The normalized spacial score (nSPS) is 25.4. The summed E-state index contributed by atoms with van der Waals surface area (Å²) in [7, 11) is 0. The van der Waals surface area contributed by atoms with E-state index < -0.39 is 11.5 Å². The zero-order valence-electron chi connectivity index (χ0n) is 12.3. The smallest absolute Gasteiger partial charge is 0.329 e. The summed E-state index contributed by atoms with van der Waals surface area (Å²) in [6, 6.07) is 5.40. The number of aliphatic carboxylic acids is 1. The van der Waals surface area contributed by atoms with Gasteiger partial charge in [0.15, 0.2) is 0 Å². The number of benzene rings is 1. The maximum atomic E-state index is 12.5. The van der Waals surface area contributed by atoms with Crippen LogP contribution < -0.4 is 5.32 Å². The molecule has 0 aromatic heterocycles. The zero-order chi connectivity index (χ0) is 15.6. The van der Waals surface area contributed by atoms with Crippen LogP contribution >= 0.6 is 15.9 Å². The van der Waals surface area contributed by atoms with E-state index in [1.165, 1.54) is 0 Å². The van der Waals surface area contributed by atoms with Crippen LogP contribution in [0.3, 0.4) is 0 Å². The van der Waals surface area contributed by atoms with Gasteiger partial charge in [-0.1, -0.05) is 31.9 Å². The van der Waals surface area contributed by atoms with Crippen molar-refractivity contribution in [2.45, 2.75) is 45.1 Å². The van der Waals surface area contributed by atoms with Crippen LogP contribution in [0.25, 0.3) is 0 Å². The van der Waals surface area contributed by atoms with Gasteiger partial charge in [0.25, 0.3) is 5.91 Å². The van der Waals surface area contributed by atoms with Crippen LogP contribution in [-0.4, -0.2) is 22.5 Å². The molecule has 1 saturated carbocycles. The van der Waals surface area contributed by atoms with Crippen molar-refractivity contribution in [3.63, 3.8) is 0 Å². The van der Waals surface area contributed by atoms with Gasteiger partial charge in [0, 0.05) is 4.47 Å². The Hall–Kier alpha value is -1.36. The molecule has 2 rings (SSSR count). The highest BCUT2D eigenvalue weighted by molar-refractivity contribution is 9.10. The van der Waals surface area contributed by atoms with Gasteiger partial charge in [-0.3, -0.25) is 4.79 Å². The van der Waals surface area contributed by atoms with Crippen LogP contribution in [0.4, 0.5) is 0 Å². The summed E-state index contributed by atoms with van der Waals surface area (Å²) in [5.74, 6) is -1.34. The first-order valence-electron chi connectivity index (χ1n) is 7.19. The van der Waals surface area contributed by atoms with Gasteiger partial charge in [-0.25, -0.2) is 4.79 Å². The lowest BCUT2D eigenvalue weighted by Crippen LogP contribution is -2.60. The highest BCUT2D eigenvalue weighted by Gasteiger charge is 2.46. The number of carboxylic acids is 1. The molecular weight excluding hydrogens is 334 g/mol. The van der Waals surface area contributed by atoms with E-state index in [0.29, 0.717) is 16.5 Å². The van der Waals surface area contributed by atoms with Crippen molar-refractivity contribution in [1.29, 1.82) is 0 Å². The number of carbonyl (C=O) groups excluding carboxylic acids is 1. The summed E-state index contributed by atoms with van der Waals surface area (Å²) in [5.41, 5.74) is 0.274. The van der Waals surface area contributed by atoms with E-state index in [9.17, 15) is 14.7 Å². The molecule has 2 unspecified atom stereocenters. The summed E-state index contributed by atoms with van der Waals surface area (Å²) < 4.78 is 0.714. The monoisotopic (exact) mass is 353 g/mol. The number of carbonyl (C=O) groups is 2. The second-order valence-electron chi connectivity index (χ2n) is 5.81. The second-order valence-corrected chi connectivity index (χ2v) is 6.61. The lowest BCUT2D eigenvalue weighted by Gasteiger charge is -2.39. The highest BCUT2D eigenvalue weighted by Crippen LogP contribution is 2.34. The van der Waals surface area contributed by atoms with Gasteiger partial charge in [-0.15, -0.1) is 0 Å². The topological polar surface area (TPSA) is 66.4 Å². The Balaban J connectivity index is 2.31. The molecule has 1 aromatic rings. The van der Waals surface area contributed by atoms with Gasteiger partial charge in [0.2, 0.25) is 0 Å². The zero-order valence-corrected chi connectivity index (χ0v) is 13.9. The minimum absolute atomic E-state index is 0.0729. The van der Waals surface area contributed by atoms with E-state index in [1.807, 2.05) is 19.9 Å². The van der Waals surface area contributed by atoms with Crippen LogP contribution in [0.2, 0.25) is 0 Å². The fraction of sp³-hybridized carbons (Fsp3) is 0.500. The van der Waals surface area contributed by atoms with E-state index >= 15 is 0 Å². The molecular formula is C16H20BrNO3. The Morgan fingerprint density at radius 1 is 1.38 bits per heavy atom. The van der Waals surface area contributed by atoms with E-state index in [2.05, 4.69) is 21.2 Å². The quantitative estimate of drug-likeness (QED) is 0.873. The average Bonchev–Trinajstić information content (AvgIpc) is 2.44. The number of aryl methyl sites for hydroxylation is 1. The Kier molecular flexibility index (Phi) is 4.71. The second kappa shape index (κ2) is 6.18. The lowest BCUT2D eigenvalue weighted by atomic mass is 9.73. The van der Waals surface area contributed by atoms with E-state index in [1.54, 1.807) is 12.1 Å². The number of carboxylic acid groups (broad SMARTS) is 1. The fourth-order valence-corrected chi connectivity index (χ4v) is 3.44. The largest absolute Gasteiger partial charge is 0.479 e. The molecule has 5 heteroatoms.